The van der Waals surface area contributed by atoms with E-state index in [2.05, 4.69) is 11.0 Å². The number of ether oxygens (including phenoxy) is 1. The van der Waals surface area contributed by atoms with Crippen LogP contribution in [0.4, 0.5) is 0 Å². The van der Waals surface area contributed by atoms with Crippen LogP contribution in [0.2, 0.25) is 0 Å². The van der Waals surface area contributed by atoms with Crippen molar-refractivity contribution < 1.29 is 14.6 Å². The molecule has 0 bridgehead atoms. The van der Waals surface area contributed by atoms with Crippen LogP contribution in [0.5, 0.6) is 0 Å². The Hall–Kier alpha value is -2.21. The van der Waals surface area contributed by atoms with Crippen molar-refractivity contribution in [2.75, 3.05) is 39.9 Å². The fourth-order valence-corrected chi connectivity index (χ4v) is 3.68. The fourth-order valence-electron chi connectivity index (χ4n) is 3.68. The Morgan fingerprint density at radius 1 is 1.08 bits per heavy atom. The molecule has 4 rings (SSSR count). The summed E-state index contributed by atoms with van der Waals surface area (Å²) in [6.07, 6.45) is -0.492. The lowest BCUT2D eigenvalue weighted by atomic mass is 9.98. The van der Waals surface area contributed by atoms with E-state index < -0.39 is 6.10 Å². The van der Waals surface area contributed by atoms with E-state index in [0.717, 1.165) is 54.1 Å². The van der Waals surface area contributed by atoms with Crippen molar-refractivity contribution in [2.24, 2.45) is 0 Å². The molecule has 5 nitrogen and oxygen atoms in total. The van der Waals surface area contributed by atoms with Crippen molar-refractivity contribution in [3.05, 3.63) is 59.2 Å². The SMILES string of the molecule is CN1Cc2cc(-c3ccc(C(O)CN4CCOCC4)cc3)ccc2C1=O. The Bertz CT molecular complexity index is 797. The average Bonchev–Trinajstić information content (AvgIpc) is 2.96. The normalized spacial score (nSPS) is 18.8. The number of aliphatic hydroxyl groups is 1. The molecule has 2 aromatic rings. The van der Waals surface area contributed by atoms with Crippen molar-refractivity contribution in [3.63, 3.8) is 0 Å². The zero-order chi connectivity index (χ0) is 18.1. The molecule has 1 saturated heterocycles. The minimum atomic E-state index is -0.492. The molecule has 0 radical (unpaired) electrons. The molecule has 2 aliphatic heterocycles. The maximum Gasteiger partial charge on any atom is 0.254 e. The van der Waals surface area contributed by atoms with Crippen LogP contribution in [0.25, 0.3) is 11.1 Å². The maximum atomic E-state index is 12.0. The van der Waals surface area contributed by atoms with Gasteiger partial charge in [0.25, 0.3) is 5.91 Å². The lowest BCUT2D eigenvalue weighted by Crippen LogP contribution is -2.38. The number of carbonyl (C=O) groups excluding carboxylic acids is 1. The number of β-amino-alcohol motifs (C(OH)–C–C–N with tert-alkyl or cyclic N) is 1. The zero-order valence-corrected chi connectivity index (χ0v) is 15.0. The smallest absolute Gasteiger partial charge is 0.254 e. The summed E-state index contributed by atoms with van der Waals surface area (Å²) in [4.78, 5) is 16.0. The van der Waals surface area contributed by atoms with E-state index in [4.69, 9.17) is 4.74 Å². The molecule has 1 fully saturated rings. The summed E-state index contributed by atoms with van der Waals surface area (Å²) in [6.45, 7) is 4.52. The molecule has 2 aliphatic rings. The third-order valence-corrected chi connectivity index (χ3v) is 5.25. The number of hydrogen-bond acceptors (Lipinski definition) is 4. The van der Waals surface area contributed by atoms with Crippen LogP contribution in [0, 0.1) is 0 Å². The second kappa shape index (κ2) is 7.19. The molecule has 26 heavy (non-hydrogen) atoms. The second-order valence-corrected chi connectivity index (χ2v) is 7.08. The molecular weight excluding hydrogens is 328 g/mol. The molecule has 1 atom stereocenters. The summed E-state index contributed by atoms with van der Waals surface area (Å²) >= 11 is 0. The Labute approximate surface area is 153 Å². The number of aliphatic hydroxyl groups excluding tert-OH is 1. The number of amides is 1. The standard InChI is InChI=1S/C21H24N2O3/c1-22-13-18-12-17(6-7-19(18)21(22)25)15-2-4-16(5-3-15)20(24)14-23-8-10-26-11-9-23/h2-7,12,20,24H,8-11,13-14H2,1H3. The van der Waals surface area contributed by atoms with Crippen LogP contribution in [-0.2, 0) is 11.3 Å². The molecule has 1 N–H and O–H groups in total. The summed E-state index contributed by atoms with van der Waals surface area (Å²) in [7, 11) is 1.83. The number of nitrogens with zero attached hydrogens (tertiary/aromatic N) is 2. The van der Waals surface area contributed by atoms with Gasteiger partial charge in [-0.2, -0.15) is 0 Å². The molecule has 1 unspecified atom stereocenters. The van der Waals surface area contributed by atoms with E-state index in [1.807, 2.05) is 43.4 Å². The average molecular weight is 352 g/mol. The molecule has 0 aliphatic carbocycles. The van der Waals surface area contributed by atoms with E-state index in [9.17, 15) is 9.90 Å². The van der Waals surface area contributed by atoms with Gasteiger partial charge in [0.05, 0.1) is 19.3 Å². The van der Waals surface area contributed by atoms with Gasteiger partial charge in [0.15, 0.2) is 0 Å². The van der Waals surface area contributed by atoms with Crippen molar-refractivity contribution >= 4 is 5.91 Å². The first-order valence-electron chi connectivity index (χ1n) is 9.09. The van der Waals surface area contributed by atoms with E-state index >= 15 is 0 Å². The predicted octanol–water partition coefficient (Wildman–Crippen LogP) is 2.30. The van der Waals surface area contributed by atoms with E-state index in [0.29, 0.717) is 13.1 Å². The monoisotopic (exact) mass is 352 g/mol. The highest BCUT2D eigenvalue weighted by molar-refractivity contribution is 5.98. The molecule has 136 valence electrons. The quantitative estimate of drug-likeness (QED) is 0.917. The number of benzene rings is 2. The molecule has 0 saturated carbocycles. The van der Waals surface area contributed by atoms with Gasteiger partial charge in [-0.15, -0.1) is 0 Å². The predicted molar refractivity (Wildman–Crippen MR) is 99.9 cm³/mol. The van der Waals surface area contributed by atoms with Gasteiger partial charge in [-0.1, -0.05) is 30.3 Å². The topological polar surface area (TPSA) is 53.0 Å². The largest absolute Gasteiger partial charge is 0.387 e. The van der Waals surface area contributed by atoms with Crippen LogP contribution in [0.1, 0.15) is 27.6 Å². The molecule has 1 amide bonds. The highest BCUT2D eigenvalue weighted by atomic mass is 16.5. The van der Waals surface area contributed by atoms with Gasteiger partial charge in [0.1, 0.15) is 0 Å². The summed E-state index contributed by atoms with van der Waals surface area (Å²) in [5.41, 5.74) is 5.00. The van der Waals surface area contributed by atoms with Crippen LogP contribution < -0.4 is 0 Å². The van der Waals surface area contributed by atoms with Crippen molar-refractivity contribution in [3.8, 4) is 11.1 Å². The van der Waals surface area contributed by atoms with Crippen LogP contribution in [-0.4, -0.2) is 60.7 Å². The Morgan fingerprint density at radius 3 is 2.50 bits per heavy atom. The van der Waals surface area contributed by atoms with Crippen molar-refractivity contribution in [1.82, 2.24) is 9.80 Å². The van der Waals surface area contributed by atoms with Crippen LogP contribution in [0.3, 0.4) is 0 Å². The molecule has 2 aromatic carbocycles. The van der Waals surface area contributed by atoms with Gasteiger partial charge in [-0.3, -0.25) is 9.69 Å². The van der Waals surface area contributed by atoms with Gasteiger partial charge >= 0.3 is 0 Å². The van der Waals surface area contributed by atoms with Gasteiger partial charge in [-0.05, 0) is 34.4 Å². The lowest BCUT2D eigenvalue weighted by Gasteiger charge is -2.28. The lowest BCUT2D eigenvalue weighted by molar-refractivity contribution is 0.0143. The molecule has 5 heteroatoms. The van der Waals surface area contributed by atoms with Crippen molar-refractivity contribution in [1.29, 1.82) is 0 Å². The summed E-state index contributed by atoms with van der Waals surface area (Å²) < 4.78 is 5.35. The molecule has 2 heterocycles. The maximum absolute atomic E-state index is 12.0. The van der Waals surface area contributed by atoms with Crippen molar-refractivity contribution in [2.45, 2.75) is 12.6 Å². The Morgan fingerprint density at radius 2 is 1.77 bits per heavy atom. The number of morpholine rings is 1. The summed E-state index contributed by atoms with van der Waals surface area (Å²) in [5.74, 6) is 0.0909. The highest BCUT2D eigenvalue weighted by Gasteiger charge is 2.24. The molecule has 0 aromatic heterocycles. The fraction of sp³-hybridized carbons (Fsp3) is 0.381. The second-order valence-electron chi connectivity index (χ2n) is 7.08. The first-order valence-corrected chi connectivity index (χ1v) is 9.09. The number of hydrogen-bond donors (Lipinski definition) is 1. The third-order valence-electron chi connectivity index (χ3n) is 5.25. The number of rotatable bonds is 4. The third kappa shape index (κ3) is 3.38. The van der Waals surface area contributed by atoms with E-state index in [-0.39, 0.29) is 5.91 Å². The van der Waals surface area contributed by atoms with E-state index in [1.165, 1.54) is 0 Å². The molecular formula is C21H24N2O3. The Balaban J connectivity index is 1.48. The number of carbonyl (C=O) groups is 1. The molecule has 0 spiro atoms. The zero-order valence-electron chi connectivity index (χ0n) is 15.0. The van der Waals surface area contributed by atoms with Gasteiger partial charge in [0, 0.05) is 38.8 Å². The minimum absolute atomic E-state index is 0.0909. The highest BCUT2D eigenvalue weighted by Crippen LogP contribution is 2.28. The summed E-state index contributed by atoms with van der Waals surface area (Å²) in [5, 5.41) is 10.5. The van der Waals surface area contributed by atoms with Gasteiger partial charge < -0.3 is 14.7 Å². The summed E-state index contributed by atoms with van der Waals surface area (Å²) in [6, 6.07) is 14.1. The number of fused-ring (bicyclic) bond motifs is 1. The minimum Gasteiger partial charge on any atom is -0.387 e. The van der Waals surface area contributed by atoms with E-state index in [1.54, 1.807) is 4.90 Å². The Kier molecular flexibility index (Phi) is 4.76. The first kappa shape index (κ1) is 17.2. The van der Waals surface area contributed by atoms with Gasteiger partial charge in [0.2, 0.25) is 0 Å². The first-order chi connectivity index (χ1) is 12.6. The van der Waals surface area contributed by atoms with Crippen LogP contribution >= 0.6 is 0 Å². The van der Waals surface area contributed by atoms with Crippen LogP contribution in [0.15, 0.2) is 42.5 Å². The van der Waals surface area contributed by atoms with Gasteiger partial charge in [-0.25, -0.2) is 0 Å².